The van der Waals surface area contributed by atoms with Gasteiger partial charge in [0.15, 0.2) is 5.11 Å². The van der Waals surface area contributed by atoms with Crippen LogP contribution < -0.4 is 24.6 Å². The number of rotatable bonds is 26. The number of thiazole rings is 1. The lowest BCUT2D eigenvalue weighted by molar-refractivity contribution is -0.143. The molecule has 81 heavy (non-hydrogen) atoms. The molecule has 4 aromatic carbocycles. The molecule has 8 rings (SSSR count). The van der Waals surface area contributed by atoms with Gasteiger partial charge in [-0.1, -0.05) is 44.2 Å². The molecule has 0 saturated carbocycles. The quantitative estimate of drug-likeness (QED) is 0.0402. The zero-order chi connectivity index (χ0) is 58.0. The molecule has 0 radical (unpaired) electrons. The van der Waals surface area contributed by atoms with Crippen molar-refractivity contribution in [3.63, 3.8) is 0 Å². The summed E-state index contributed by atoms with van der Waals surface area (Å²) < 4.78 is 75.9. The van der Waals surface area contributed by atoms with Crippen molar-refractivity contribution in [2.75, 3.05) is 82.4 Å². The van der Waals surface area contributed by atoms with E-state index in [9.17, 15) is 42.7 Å². The summed E-state index contributed by atoms with van der Waals surface area (Å²) in [6, 6.07) is 22.6. The van der Waals surface area contributed by atoms with E-state index in [1.165, 1.54) is 22.3 Å². The summed E-state index contributed by atoms with van der Waals surface area (Å²) in [4.78, 5) is 66.1. The maximum absolute atomic E-state index is 14.2. The van der Waals surface area contributed by atoms with Crippen molar-refractivity contribution in [2.24, 2.45) is 5.92 Å². The molecule has 430 valence electrons. The van der Waals surface area contributed by atoms with E-state index in [-0.39, 0.29) is 81.0 Å². The number of nitriles is 1. The zero-order valence-electron chi connectivity index (χ0n) is 45.5. The summed E-state index contributed by atoms with van der Waals surface area (Å²) in [5.41, 5.74) is 3.14. The van der Waals surface area contributed by atoms with Crippen LogP contribution in [-0.4, -0.2) is 145 Å². The second-order valence-corrected chi connectivity index (χ2v) is 21.5. The fraction of sp³-hybridized carbons (Fsp3) is 0.431. The van der Waals surface area contributed by atoms with E-state index in [4.69, 9.17) is 40.6 Å². The molecule has 0 bridgehead atoms. The first-order chi connectivity index (χ1) is 38.8. The number of thiocarbonyl (C=S) groups is 1. The lowest BCUT2D eigenvalue weighted by Crippen LogP contribution is -2.55. The first-order valence-electron chi connectivity index (χ1n) is 26.4. The number of aromatic nitrogens is 1. The molecular weight excluding hydrogens is 1090 g/mol. The summed E-state index contributed by atoms with van der Waals surface area (Å²) in [6.07, 6.45) is -5.64. The van der Waals surface area contributed by atoms with Crippen LogP contribution in [-0.2, 0) is 52.6 Å². The number of carbonyl (C=O) groups excluding carboxylic acids is 4. The number of alkyl halides is 3. The molecule has 2 fully saturated rings. The summed E-state index contributed by atoms with van der Waals surface area (Å²) in [7, 11) is 0. The fourth-order valence-corrected chi connectivity index (χ4v) is 11.3. The van der Waals surface area contributed by atoms with Crippen LogP contribution in [0.4, 0.5) is 24.5 Å². The van der Waals surface area contributed by atoms with Gasteiger partial charge in [-0.25, -0.2) is 4.98 Å². The molecule has 0 aliphatic carbocycles. The van der Waals surface area contributed by atoms with E-state index in [2.05, 4.69) is 10.3 Å². The SMILES string of the molecule is Cc1ncsc1-c1ccc(CNC(=O)[C@@H]2C[C@@H](O)CN2C(=O)C(C(C)C)N2Cc3ccccc3C2=O)c(OCCOCCOCCOCCOCCOc2ccc(N3C(=S)N(c4ccc(C#N)c(C(F)(F)F)c4)C(=O)C3(C)C)cc2)c1. The summed E-state index contributed by atoms with van der Waals surface area (Å²) >= 11 is 7.13. The van der Waals surface area contributed by atoms with Gasteiger partial charge in [0.1, 0.15) is 42.3 Å². The Morgan fingerprint density at radius 2 is 1.51 bits per heavy atom. The van der Waals surface area contributed by atoms with Gasteiger partial charge < -0.3 is 53.5 Å². The number of ether oxygens (including phenoxy) is 6. The summed E-state index contributed by atoms with van der Waals surface area (Å²) in [6.45, 7) is 12.2. The first kappa shape index (κ1) is 60.1. The minimum Gasteiger partial charge on any atom is -0.491 e. The predicted molar refractivity (Wildman–Crippen MR) is 299 cm³/mol. The number of aliphatic hydroxyl groups is 1. The molecule has 4 heterocycles. The van der Waals surface area contributed by atoms with Crippen molar-refractivity contribution in [1.29, 1.82) is 5.26 Å². The van der Waals surface area contributed by atoms with Gasteiger partial charge in [0.25, 0.3) is 11.8 Å². The van der Waals surface area contributed by atoms with Gasteiger partial charge in [-0.05, 0) is 105 Å². The average molecular weight is 1160 g/mol. The fourth-order valence-electron chi connectivity index (χ4n) is 9.95. The average Bonchev–Trinajstić information content (AvgIpc) is 4.39. The molecule has 2 N–H and O–H groups in total. The molecule has 1 unspecified atom stereocenters. The third-order valence-electron chi connectivity index (χ3n) is 14.0. The number of aryl methyl sites for hydroxylation is 1. The van der Waals surface area contributed by atoms with E-state index in [1.807, 2.05) is 51.1 Å². The number of hydrogen-bond donors (Lipinski definition) is 2. The Labute approximate surface area is 477 Å². The number of benzene rings is 4. The standard InChI is InChI=1S/C58H64F3N7O11S2/c1-36(2)50(66-33-41-8-6-7-9-46(41)53(66)71)54(72)65-34-44(69)30-48(65)52(70)63-32-40-11-10-38(51-37(3)64-35-81-51)28-49(40)79-27-25-77-23-21-75-19-18-74-20-22-76-24-26-78-45-16-14-42(15-17-45)68-56(80)67(55(73)57(68,4)5)43-13-12-39(31-62)47(29-43)58(59,60)61/h6-17,28-29,35-36,44,48,50,69H,18-27,30,32-34H2,1-5H3,(H,63,70)/t44-,48+,50?/m1/s1. The smallest absolute Gasteiger partial charge is 0.417 e. The Morgan fingerprint density at radius 3 is 2.11 bits per heavy atom. The highest BCUT2D eigenvalue weighted by Gasteiger charge is 2.51. The van der Waals surface area contributed by atoms with E-state index >= 15 is 0 Å². The van der Waals surface area contributed by atoms with Crippen molar-refractivity contribution in [2.45, 2.75) is 84.0 Å². The number of β-amino-alcohol motifs (C(OH)–C–C–N with tert-alkyl or cyclic N) is 1. The minimum atomic E-state index is -4.81. The molecule has 3 aliphatic rings. The van der Waals surface area contributed by atoms with Crippen LogP contribution in [0.25, 0.3) is 10.4 Å². The number of anilines is 2. The lowest BCUT2D eigenvalue weighted by Gasteiger charge is -2.35. The number of likely N-dealkylation sites (tertiary alicyclic amines) is 1. The van der Waals surface area contributed by atoms with Crippen LogP contribution in [0.5, 0.6) is 11.5 Å². The molecule has 1 aromatic heterocycles. The number of carbonyl (C=O) groups is 4. The first-order valence-corrected chi connectivity index (χ1v) is 27.7. The van der Waals surface area contributed by atoms with Crippen molar-refractivity contribution in [3.05, 3.63) is 124 Å². The highest BCUT2D eigenvalue weighted by atomic mass is 32.1. The summed E-state index contributed by atoms with van der Waals surface area (Å²) in [5.74, 6) is -0.745. The Kier molecular flexibility index (Phi) is 19.8. The van der Waals surface area contributed by atoms with Gasteiger partial charge in [-0.3, -0.25) is 24.1 Å². The van der Waals surface area contributed by atoms with Gasteiger partial charge >= 0.3 is 6.18 Å². The summed E-state index contributed by atoms with van der Waals surface area (Å²) in [5, 5.41) is 22.9. The molecule has 3 aliphatic heterocycles. The van der Waals surface area contributed by atoms with Crippen molar-refractivity contribution >= 4 is 63.7 Å². The Morgan fingerprint density at radius 1 is 0.877 bits per heavy atom. The van der Waals surface area contributed by atoms with E-state index < -0.39 is 52.8 Å². The van der Waals surface area contributed by atoms with Crippen LogP contribution in [0, 0.1) is 24.2 Å². The number of nitrogens with zero attached hydrogens (tertiary/aromatic N) is 6. The number of aliphatic hydroxyl groups excluding tert-OH is 1. The maximum Gasteiger partial charge on any atom is 0.417 e. The predicted octanol–water partition coefficient (Wildman–Crippen LogP) is 7.71. The molecule has 3 atom stereocenters. The van der Waals surface area contributed by atoms with Gasteiger partial charge in [0, 0.05) is 42.9 Å². The van der Waals surface area contributed by atoms with Crippen LogP contribution in [0.3, 0.4) is 0 Å². The van der Waals surface area contributed by atoms with Crippen molar-refractivity contribution in [1.82, 2.24) is 20.1 Å². The van der Waals surface area contributed by atoms with Crippen molar-refractivity contribution < 1.29 is 65.9 Å². The van der Waals surface area contributed by atoms with Crippen LogP contribution in [0.15, 0.2) is 90.4 Å². The number of amides is 4. The monoisotopic (exact) mass is 1160 g/mol. The Balaban J connectivity index is 0.710. The van der Waals surface area contributed by atoms with E-state index in [0.29, 0.717) is 68.0 Å². The van der Waals surface area contributed by atoms with E-state index in [1.54, 1.807) is 71.6 Å². The molecule has 18 nitrogen and oxygen atoms in total. The minimum absolute atomic E-state index is 0.0121. The van der Waals surface area contributed by atoms with Gasteiger partial charge in [-0.2, -0.15) is 18.4 Å². The van der Waals surface area contributed by atoms with Gasteiger partial charge in [0.2, 0.25) is 11.8 Å². The van der Waals surface area contributed by atoms with E-state index in [0.717, 1.165) is 38.7 Å². The van der Waals surface area contributed by atoms with Crippen LogP contribution in [0.2, 0.25) is 0 Å². The highest BCUT2D eigenvalue weighted by molar-refractivity contribution is 7.81. The van der Waals surface area contributed by atoms with Crippen molar-refractivity contribution in [3.8, 4) is 28.0 Å². The third kappa shape index (κ3) is 14.0. The molecule has 0 spiro atoms. The van der Waals surface area contributed by atoms with Crippen LogP contribution >= 0.6 is 23.6 Å². The molecule has 2 saturated heterocycles. The number of halogens is 3. The molecule has 5 aromatic rings. The largest absolute Gasteiger partial charge is 0.491 e. The second kappa shape index (κ2) is 26.7. The van der Waals surface area contributed by atoms with Crippen LogP contribution in [0.1, 0.15) is 72.4 Å². The highest BCUT2D eigenvalue weighted by Crippen LogP contribution is 2.40. The zero-order valence-corrected chi connectivity index (χ0v) is 47.2. The Bertz CT molecular complexity index is 3120. The maximum atomic E-state index is 14.2. The Hall–Kier alpha value is -7.04. The number of nitrogens with one attached hydrogen (secondary N) is 1. The second-order valence-electron chi connectivity index (χ2n) is 20.3. The molecule has 4 amide bonds. The number of fused-ring (bicyclic) bond motifs is 1. The topological polar surface area (TPSA) is 206 Å². The van der Waals surface area contributed by atoms with Gasteiger partial charge in [0.05, 0.1) is 97.9 Å². The molecule has 23 heteroatoms. The lowest BCUT2D eigenvalue weighted by atomic mass is 10.0. The molecular formula is C58H64F3N7O11S2. The normalized spacial score (nSPS) is 17.3. The third-order valence-corrected chi connectivity index (χ3v) is 15.4. The number of hydrogen-bond acceptors (Lipinski definition) is 15. The van der Waals surface area contributed by atoms with Gasteiger partial charge in [-0.15, -0.1) is 11.3 Å².